The van der Waals surface area contributed by atoms with Gasteiger partial charge < -0.3 is 31.1 Å². The molecule has 55 heavy (non-hydrogen) atoms. The maximum atomic E-state index is 13.1. The number of anilines is 5. The van der Waals surface area contributed by atoms with Crippen molar-refractivity contribution in [3.8, 4) is 0 Å². The van der Waals surface area contributed by atoms with Crippen LogP contribution in [0.2, 0.25) is 0 Å². The summed E-state index contributed by atoms with van der Waals surface area (Å²) in [6.45, 7) is 18.3. The van der Waals surface area contributed by atoms with Crippen molar-refractivity contribution in [1.29, 1.82) is 0 Å². The van der Waals surface area contributed by atoms with E-state index in [1.54, 1.807) is 24.3 Å². The summed E-state index contributed by atoms with van der Waals surface area (Å²) in [5.74, 6) is 0.615. The molecule has 1 aromatic heterocycles. The van der Waals surface area contributed by atoms with Crippen LogP contribution in [0.3, 0.4) is 0 Å². The smallest absolute Gasteiger partial charge is 0.233 e. The lowest BCUT2D eigenvalue weighted by atomic mass is 9.99. The Kier molecular flexibility index (Phi) is 18.1. The van der Waals surface area contributed by atoms with Crippen LogP contribution in [-0.4, -0.2) is 101 Å². The summed E-state index contributed by atoms with van der Waals surface area (Å²) < 4.78 is 0. The number of carbonyl (C=O) groups is 3. The second-order valence-corrected chi connectivity index (χ2v) is 13.9. The second-order valence-electron chi connectivity index (χ2n) is 13.9. The number of amides is 1. The predicted octanol–water partition coefficient (Wildman–Crippen LogP) is 7.20. The topological polar surface area (TPSA) is 169 Å². The van der Waals surface area contributed by atoms with Gasteiger partial charge in [0, 0.05) is 30.9 Å². The maximum absolute atomic E-state index is 13.1. The number of azo groups is 1. The number of nitrogens with zero attached hydrogens (tertiary/aromatic N) is 7. The van der Waals surface area contributed by atoms with Crippen molar-refractivity contribution in [3.05, 3.63) is 53.6 Å². The van der Waals surface area contributed by atoms with Gasteiger partial charge in [0.05, 0.1) is 12.1 Å². The first-order valence-corrected chi connectivity index (χ1v) is 20.1. The SMILES string of the molecule is CCN(CC)CCCCCCNc1nc(NCCCCCN(CC)CC)nc(Nc2ccc(N=NC(C(C)=O)C(=O)Cc3ccc4c(c3)CC(=O)N4)cc2)n1. The predicted molar refractivity (Wildman–Crippen MR) is 221 cm³/mol. The largest absolute Gasteiger partial charge is 0.354 e. The molecule has 0 saturated carbocycles. The van der Waals surface area contributed by atoms with Gasteiger partial charge in [-0.2, -0.15) is 25.2 Å². The van der Waals surface area contributed by atoms with Gasteiger partial charge in [-0.15, -0.1) is 0 Å². The highest BCUT2D eigenvalue weighted by Gasteiger charge is 2.24. The lowest BCUT2D eigenvalue weighted by molar-refractivity contribution is -0.127. The molecule has 1 atom stereocenters. The second kappa shape index (κ2) is 23.2. The fraction of sp³-hybridized carbons (Fsp3) is 0.561. The van der Waals surface area contributed by atoms with Crippen LogP contribution in [-0.2, 0) is 27.2 Å². The van der Waals surface area contributed by atoms with Gasteiger partial charge in [0.25, 0.3) is 0 Å². The van der Waals surface area contributed by atoms with Crippen LogP contribution >= 0.6 is 0 Å². The van der Waals surface area contributed by atoms with Crippen molar-refractivity contribution in [2.24, 2.45) is 10.2 Å². The zero-order valence-electron chi connectivity index (χ0n) is 33.5. The maximum Gasteiger partial charge on any atom is 0.233 e. The van der Waals surface area contributed by atoms with Crippen molar-refractivity contribution in [2.75, 3.05) is 73.6 Å². The third-order valence-corrected chi connectivity index (χ3v) is 9.82. The van der Waals surface area contributed by atoms with E-state index in [1.165, 1.54) is 19.8 Å². The van der Waals surface area contributed by atoms with Crippen LogP contribution in [0.1, 0.15) is 90.7 Å². The quantitative estimate of drug-likeness (QED) is 0.0353. The molecule has 1 aliphatic heterocycles. The molecule has 4 rings (SSSR count). The van der Waals surface area contributed by atoms with Gasteiger partial charge >= 0.3 is 0 Å². The van der Waals surface area contributed by atoms with Crippen LogP contribution in [0.25, 0.3) is 0 Å². The van der Waals surface area contributed by atoms with Gasteiger partial charge in [0.15, 0.2) is 17.6 Å². The Balaban J connectivity index is 1.34. The monoisotopic (exact) mass is 755 g/mol. The molecule has 1 amide bonds. The molecule has 0 bridgehead atoms. The Morgan fingerprint density at radius 1 is 0.764 bits per heavy atom. The lowest BCUT2D eigenvalue weighted by Crippen LogP contribution is -2.27. The number of nitrogens with one attached hydrogen (secondary N) is 4. The van der Waals surface area contributed by atoms with E-state index in [-0.39, 0.29) is 30.3 Å². The van der Waals surface area contributed by atoms with E-state index in [0.717, 1.165) is 107 Å². The van der Waals surface area contributed by atoms with E-state index in [0.29, 0.717) is 23.5 Å². The minimum atomic E-state index is -1.22. The molecule has 298 valence electrons. The highest BCUT2D eigenvalue weighted by atomic mass is 16.2. The summed E-state index contributed by atoms with van der Waals surface area (Å²) >= 11 is 0. The van der Waals surface area contributed by atoms with Crippen molar-refractivity contribution < 1.29 is 14.4 Å². The molecular formula is C41H61N11O3. The van der Waals surface area contributed by atoms with Crippen molar-refractivity contribution in [3.63, 3.8) is 0 Å². The molecule has 0 aliphatic carbocycles. The van der Waals surface area contributed by atoms with Crippen molar-refractivity contribution >= 4 is 52.4 Å². The van der Waals surface area contributed by atoms with E-state index < -0.39 is 6.04 Å². The zero-order valence-corrected chi connectivity index (χ0v) is 33.5. The number of ketones is 2. The van der Waals surface area contributed by atoms with Crippen LogP contribution in [0.15, 0.2) is 52.7 Å². The average Bonchev–Trinajstić information content (AvgIpc) is 3.55. The molecule has 0 radical (unpaired) electrons. The van der Waals surface area contributed by atoms with Crippen LogP contribution in [0, 0.1) is 0 Å². The molecule has 1 aliphatic rings. The summed E-state index contributed by atoms with van der Waals surface area (Å²) in [7, 11) is 0. The van der Waals surface area contributed by atoms with E-state index >= 15 is 0 Å². The fourth-order valence-electron chi connectivity index (χ4n) is 6.45. The molecule has 0 spiro atoms. The molecule has 3 aromatic rings. The molecule has 1 unspecified atom stereocenters. The van der Waals surface area contributed by atoms with Crippen LogP contribution in [0.5, 0.6) is 0 Å². The molecule has 2 heterocycles. The van der Waals surface area contributed by atoms with Crippen molar-refractivity contribution in [1.82, 2.24) is 24.8 Å². The molecule has 0 fully saturated rings. The summed E-state index contributed by atoms with van der Waals surface area (Å²) in [4.78, 5) is 56.0. The minimum absolute atomic E-state index is 0.0147. The summed E-state index contributed by atoms with van der Waals surface area (Å²) in [6.07, 6.45) is 8.17. The number of carbonyl (C=O) groups excluding carboxylic acids is 3. The first-order valence-electron chi connectivity index (χ1n) is 20.1. The van der Waals surface area contributed by atoms with Gasteiger partial charge in [0.1, 0.15) is 0 Å². The molecule has 0 saturated heterocycles. The molecule has 14 heteroatoms. The van der Waals surface area contributed by atoms with E-state index in [4.69, 9.17) is 0 Å². The standard InChI is InChI=1S/C41H61N11O3/c1-6-51(7-2)25-15-11-10-13-23-42-39-46-40(43-24-14-12-16-26-52(8-3)9-4)48-41(47-39)44-33-18-20-34(21-19-33)49-50-38(30(5)53)36(54)28-31-17-22-35-32(27-31)29-37(55)45-35/h17-22,27,38H,6-16,23-26,28-29H2,1-5H3,(H,45,55)(H3,42,43,44,46,47,48). The number of benzene rings is 2. The summed E-state index contributed by atoms with van der Waals surface area (Å²) in [6, 6.07) is 11.3. The molecule has 4 N–H and O–H groups in total. The lowest BCUT2D eigenvalue weighted by Gasteiger charge is -2.17. The Hall–Kier alpha value is -4.82. The number of hydrogen-bond acceptors (Lipinski definition) is 13. The van der Waals surface area contributed by atoms with Crippen LogP contribution in [0.4, 0.5) is 34.9 Å². The first-order chi connectivity index (χ1) is 26.7. The van der Waals surface area contributed by atoms with E-state index in [1.807, 2.05) is 18.2 Å². The van der Waals surface area contributed by atoms with Crippen LogP contribution < -0.4 is 21.3 Å². The fourth-order valence-corrected chi connectivity index (χ4v) is 6.45. The van der Waals surface area contributed by atoms with Gasteiger partial charge in [-0.1, -0.05) is 59.1 Å². The first kappa shape index (κ1) is 42.9. The van der Waals surface area contributed by atoms with Gasteiger partial charge in [-0.25, -0.2) is 0 Å². The normalized spacial score (nSPS) is 13.0. The number of unbranched alkanes of at least 4 members (excludes halogenated alkanes) is 5. The van der Waals surface area contributed by atoms with E-state index in [2.05, 4.69) is 83.9 Å². The molecular weight excluding hydrogens is 695 g/mol. The van der Waals surface area contributed by atoms with Crippen molar-refractivity contribution in [2.45, 2.75) is 98.4 Å². The Morgan fingerprint density at radius 3 is 1.91 bits per heavy atom. The number of Topliss-reactive ketones (excluding diaryl/α,β-unsaturated/α-hetero) is 2. The van der Waals surface area contributed by atoms with Gasteiger partial charge in [0.2, 0.25) is 23.8 Å². The molecule has 14 nitrogen and oxygen atoms in total. The summed E-state index contributed by atoms with van der Waals surface area (Å²) in [5.41, 5.74) is 3.54. The van der Waals surface area contributed by atoms with Gasteiger partial charge in [-0.05, 0) is 113 Å². The third-order valence-electron chi connectivity index (χ3n) is 9.82. The number of rotatable bonds is 27. The Morgan fingerprint density at radius 2 is 1.33 bits per heavy atom. The molecule has 2 aromatic carbocycles. The number of aromatic nitrogens is 3. The number of fused-ring (bicyclic) bond motifs is 1. The zero-order chi connectivity index (χ0) is 39.4. The Labute approximate surface area is 326 Å². The highest BCUT2D eigenvalue weighted by Crippen LogP contribution is 2.25. The minimum Gasteiger partial charge on any atom is -0.354 e. The Bertz CT molecular complexity index is 1690. The third kappa shape index (κ3) is 14.7. The highest BCUT2D eigenvalue weighted by molar-refractivity contribution is 6.06. The van der Waals surface area contributed by atoms with Gasteiger partial charge in [-0.3, -0.25) is 14.4 Å². The average molecular weight is 756 g/mol. The summed E-state index contributed by atoms with van der Waals surface area (Å²) in [5, 5.41) is 21.2. The number of hydrogen-bond donors (Lipinski definition) is 4. The van der Waals surface area contributed by atoms with E-state index in [9.17, 15) is 14.4 Å².